The average Bonchev–Trinajstić information content (AvgIpc) is 2.72. The van der Waals surface area contributed by atoms with E-state index in [2.05, 4.69) is 55.4 Å². The first-order chi connectivity index (χ1) is 7.83. The second kappa shape index (κ2) is 4.01. The average molecular weight is 278 g/mol. The van der Waals surface area contributed by atoms with Crippen molar-refractivity contribution in [1.29, 1.82) is 0 Å². The topological polar surface area (TPSA) is 41.6 Å². The van der Waals surface area contributed by atoms with E-state index in [9.17, 15) is 0 Å². The number of hydrogen-bond donors (Lipinski definition) is 1. The minimum absolute atomic E-state index is 0.566. The van der Waals surface area contributed by atoms with Gasteiger partial charge in [0.05, 0.1) is 0 Å². The monoisotopic (exact) mass is 277 g/mol. The van der Waals surface area contributed by atoms with E-state index in [1.54, 1.807) is 6.33 Å². The van der Waals surface area contributed by atoms with Gasteiger partial charge < -0.3 is 0 Å². The summed E-state index contributed by atoms with van der Waals surface area (Å²) in [5, 5.41) is 6.84. The Labute approximate surface area is 102 Å². The number of rotatable bonds is 2. The first-order valence-electron chi connectivity index (χ1n) is 5.43. The second-order valence-corrected chi connectivity index (χ2v) is 5.20. The molecule has 2 aromatic rings. The summed E-state index contributed by atoms with van der Waals surface area (Å²) in [7, 11) is 0. The number of halogens is 1. The van der Waals surface area contributed by atoms with Crippen molar-refractivity contribution in [3.63, 3.8) is 0 Å². The van der Waals surface area contributed by atoms with Crippen molar-refractivity contribution in [2.75, 3.05) is 0 Å². The molecule has 16 heavy (non-hydrogen) atoms. The molecular formula is C12H12BrN3. The van der Waals surface area contributed by atoms with Crippen LogP contribution >= 0.6 is 15.9 Å². The Hall–Kier alpha value is -1.16. The highest BCUT2D eigenvalue weighted by molar-refractivity contribution is 9.10. The summed E-state index contributed by atoms with van der Waals surface area (Å²) in [5.41, 5.74) is 1.43. The van der Waals surface area contributed by atoms with Gasteiger partial charge in [-0.2, -0.15) is 5.10 Å². The predicted octanol–water partition coefficient (Wildman–Crippen LogP) is 3.23. The maximum absolute atomic E-state index is 4.21. The summed E-state index contributed by atoms with van der Waals surface area (Å²) >= 11 is 3.45. The van der Waals surface area contributed by atoms with Gasteiger partial charge in [-0.15, -0.1) is 0 Å². The van der Waals surface area contributed by atoms with Gasteiger partial charge in [-0.3, -0.25) is 5.10 Å². The number of aromatic nitrogens is 3. The van der Waals surface area contributed by atoms with Crippen LogP contribution in [0.3, 0.4) is 0 Å². The van der Waals surface area contributed by atoms with Gasteiger partial charge in [-0.05, 0) is 36.5 Å². The Morgan fingerprint density at radius 2 is 1.88 bits per heavy atom. The molecule has 4 heteroatoms. The fourth-order valence-corrected chi connectivity index (χ4v) is 2.52. The van der Waals surface area contributed by atoms with Crippen molar-refractivity contribution in [1.82, 2.24) is 15.2 Å². The van der Waals surface area contributed by atoms with Crippen LogP contribution in [0, 0.1) is 0 Å². The Bertz CT molecular complexity index is 458. The van der Waals surface area contributed by atoms with Crippen molar-refractivity contribution in [2.24, 2.45) is 0 Å². The second-order valence-electron chi connectivity index (χ2n) is 4.29. The molecule has 3 nitrogen and oxygen atoms in total. The van der Waals surface area contributed by atoms with Crippen LogP contribution in [-0.2, 0) is 0 Å². The molecule has 1 aliphatic rings. The lowest BCUT2D eigenvalue weighted by molar-refractivity contribution is 0.338. The first kappa shape index (κ1) is 10.0. The third-order valence-corrected chi connectivity index (χ3v) is 3.83. The molecule has 0 amide bonds. The van der Waals surface area contributed by atoms with Crippen LogP contribution in [0.15, 0.2) is 35.1 Å². The fraction of sp³-hybridized carbons (Fsp3) is 0.333. The van der Waals surface area contributed by atoms with E-state index in [1.807, 2.05) is 0 Å². The number of H-pyrrole nitrogens is 1. The molecule has 82 valence electrons. The van der Waals surface area contributed by atoms with E-state index in [-0.39, 0.29) is 0 Å². The van der Waals surface area contributed by atoms with Gasteiger partial charge in [-0.25, -0.2) is 4.98 Å². The van der Waals surface area contributed by atoms with E-state index < -0.39 is 0 Å². The zero-order valence-corrected chi connectivity index (χ0v) is 10.3. The molecule has 0 saturated heterocycles. The van der Waals surface area contributed by atoms with Crippen LogP contribution in [0.25, 0.3) is 0 Å². The van der Waals surface area contributed by atoms with Gasteiger partial charge in [0.2, 0.25) is 0 Å². The van der Waals surface area contributed by atoms with Gasteiger partial charge in [0.1, 0.15) is 12.2 Å². The molecule has 0 spiro atoms. The maximum Gasteiger partial charge on any atom is 0.137 e. The number of benzene rings is 1. The SMILES string of the molecule is Brc1ccc(C2CC(c3ncn[nH]3)C2)cc1. The molecule has 0 bridgehead atoms. The molecule has 0 atom stereocenters. The smallest absolute Gasteiger partial charge is 0.137 e. The minimum Gasteiger partial charge on any atom is -0.263 e. The van der Waals surface area contributed by atoms with E-state index in [0.717, 1.165) is 10.3 Å². The lowest BCUT2D eigenvalue weighted by Gasteiger charge is -2.34. The van der Waals surface area contributed by atoms with E-state index in [1.165, 1.54) is 18.4 Å². The van der Waals surface area contributed by atoms with Gasteiger partial charge in [0, 0.05) is 10.4 Å². The summed E-state index contributed by atoms with van der Waals surface area (Å²) in [5.74, 6) is 2.28. The van der Waals surface area contributed by atoms with Gasteiger partial charge >= 0.3 is 0 Å². The molecule has 0 unspecified atom stereocenters. The Kier molecular flexibility index (Phi) is 2.52. The van der Waals surface area contributed by atoms with E-state index >= 15 is 0 Å². The van der Waals surface area contributed by atoms with Crippen molar-refractivity contribution < 1.29 is 0 Å². The highest BCUT2D eigenvalue weighted by Gasteiger charge is 2.32. The number of aromatic amines is 1. The van der Waals surface area contributed by atoms with Crippen molar-refractivity contribution in [3.05, 3.63) is 46.5 Å². The van der Waals surface area contributed by atoms with Crippen LogP contribution in [0.4, 0.5) is 0 Å². The quantitative estimate of drug-likeness (QED) is 0.916. The van der Waals surface area contributed by atoms with E-state index in [4.69, 9.17) is 0 Å². The Morgan fingerprint density at radius 1 is 1.12 bits per heavy atom. The fourth-order valence-electron chi connectivity index (χ4n) is 2.26. The molecule has 1 aromatic heterocycles. The summed E-state index contributed by atoms with van der Waals surface area (Å²) in [6, 6.07) is 8.62. The van der Waals surface area contributed by atoms with Crippen LogP contribution in [0.1, 0.15) is 36.1 Å². The van der Waals surface area contributed by atoms with Gasteiger partial charge in [-0.1, -0.05) is 28.1 Å². The Morgan fingerprint density at radius 3 is 2.50 bits per heavy atom. The third-order valence-electron chi connectivity index (χ3n) is 3.30. The molecule has 0 radical (unpaired) electrons. The molecule has 3 rings (SSSR count). The molecule has 1 aliphatic carbocycles. The third kappa shape index (κ3) is 1.78. The molecule has 1 fully saturated rings. The minimum atomic E-state index is 0.566. The molecule has 0 aliphatic heterocycles. The van der Waals surface area contributed by atoms with Crippen LogP contribution in [0.2, 0.25) is 0 Å². The lowest BCUT2D eigenvalue weighted by atomic mass is 9.71. The largest absolute Gasteiger partial charge is 0.263 e. The molecule has 1 N–H and O–H groups in total. The van der Waals surface area contributed by atoms with E-state index in [0.29, 0.717) is 11.8 Å². The zero-order valence-electron chi connectivity index (χ0n) is 8.73. The standard InChI is InChI=1S/C12H12BrN3/c13-11-3-1-8(2-4-11)9-5-10(6-9)12-14-7-15-16-12/h1-4,7,9-10H,5-6H2,(H,14,15,16). The first-order valence-corrected chi connectivity index (χ1v) is 6.23. The summed E-state index contributed by atoms with van der Waals surface area (Å²) in [6.45, 7) is 0. The normalized spacial score (nSPS) is 24.1. The van der Waals surface area contributed by atoms with Gasteiger partial charge in [0.15, 0.2) is 0 Å². The number of nitrogens with zero attached hydrogens (tertiary/aromatic N) is 2. The summed E-state index contributed by atoms with van der Waals surface area (Å²) in [4.78, 5) is 4.21. The Balaban J connectivity index is 1.67. The lowest BCUT2D eigenvalue weighted by Crippen LogP contribution is -2.21. The van der Waals surface area contributed by atoms with Crippen LogP contribution < -0.4 is 0 Å². The van der Waals surface area contributed by atoms with Crippen LogP contribution in [0.5, 0.6) is 0 Å². The zero-order chi connectivity index (χ0) is 11.0. The molecular weight excluding hydrogens is 266 g/mol. The maximum atomic E-state index is 4.21. The highest BCUT2D eigenvalue weighted by Crippen LogP contribution is 2.46. The van der Waals surface area contributed by atoms with Crippen molar-refractivity contribution >= 4 is 15.9 Å². The molecule has 1 heterocycles. The predicted molar refractivity (Wildman–Crippen MR) is 65.2 cm³/mol. The van der Waals surface area contributed by atoms with Crippen molar-refractivity contribution in [2.45, 2.75) is 24.7 Å². The number of hydrogen-bond acceptors (Lipinski definition) is 2. The van der Waals surface area contributed by atoms with Crippen LogP contribution in [-0.4, -0.2) is 15.2 Å². The molecule has 1 saturated carbocycles. The molecule has 1 aromatic carbocycles. The highest BCUT2D eigenvalue weighted by atomic mass is 79.9. The van der Waals surface area contributed by atoms with Crippen molar-refractivity contribution in [3.8, 4) is 0 Å². The number of nitrogens with one attached hydrogen (secondary N) is 1. The summed E-state index contributed by atoms with van der Waals surface area (Å²) in [6.07, 6.45) is 3.94. The summed E-state index contributed by atoms with van der Waals surface area (Å²) < 4.78 is 1.14. The van der Waals surface area contributed by atoms with Gasteiger partial charge in [0.25, 0.3) is 0 Å².